The van der Waals surface area contributed by atoms with E-state index in [2.05, 4.69) is 18.8 Å². The van der Waals surface area contributed by atoms with Crippen molar-refractivity contribution in [1.29, 1.82) is 0 Å². The van der Waals surface area contributed by atoms with Gasteiger partial charge in [0.15, 0.2) is 0 Å². The van der Waals surface area contributed by atoms with Gasteiger partial charge in [-0.2, -0.15) is 0 Å². The molecule has 0 spiro atoms. The minimum absolute atomic E-state index is 0.585. The third-order valence-corrected chi connectivity index (χ3v) is 5.02. The first-order valence-electron chi connectivity index (χ1n) is 7.79. The SMILES string of the molecule is CCCC1(C)CCC(C2=NC(CC3CC3)=NC2)C1. The molecular weight excluding hydrogens is 220 g/mol. The molecule has 2 unspecified atom stereocenters. The predicted molar refractivity (Wildman–Crippen MR) is 77.4 cm³/mol. The monoisotopic (exact) mass is 246 g/mol. The third-order valence-electron chi connectivity index (χ3n) is 5.02. The smallest absolute Gasteiger partial charge is 0.123 e. The largest absolute Gasteiger partial charge is 0.264 e. The van der Waals surface area contributed by atoms with Crippen LogP contribution in [0.2, 0.25) is 0 Å². The molecule has 2 nitrogen and oxygen atoms in total. The van der Waals surface area contributed by atoms with Gasteiger partial charge in [-0.15, -0.1) is 0 Å². The summed E-state index contributed by atoms with van der Waals surface area (Å²) in [6, 6.07) is 0. The fraction of sp³-hybridized carbons (Fsp3) is 0.875. The summed E-state index contributed by atoms with van der Waals surface area (Å²) in [5.41, 5.74) is 1.99. The lowest BCUT2D eigenvalue weighted by molar-refractivity contribution is 0.300. The Labute approximate surface area is 111 Å². The van der Waals surface area contributed by atoms with Crippen LogP contribution in [0.5, 0.6) is 0 Å². The topological polar surface area (TPSA) is 24.7 Å². The van der Waals surface area contributed by atoms with Gasteiger partial charge in [0.2, 0.25) is 0 Å². The second-order valence-electron chi connectivity index (χ2n) is 6.98. The molecule has 18 heavy (non-hydrogen) atoms. The minimum atomic E-state index is 0.585. The molecule has 0 radical (unpaired) electrons. The molecule has 0 amide bonds. The van der Waals surface area contributed by atoms with Crippen LogP contribution < -0.4 is 0 Å². The van der Waals surface area contributed by atoms with Crippen molar-refractivity contribution in [3.05, 3.63) is 0 Å². The maximum Gasteiger partial charge on any atom is 0.123 e. The lowest BCUT2D eigenvalue weighted by Crippen LogP contribution is -2.16. The average Bonchev–Trinajstić information content (AvgIpc) is 2.86. The Balaban J connectivity index is 1.57. The third kappa shape index (κ3) is 2.67. The Morgan fingerprint density at radius 1 is 1.28 bits per heavy atom. The molecule has 3 rings (SSSR count). The molecule has 2 heteroatoms. The van der Waals surface area contributed by atoms with E-state index in [-0.39, 0.29) is 0 Å². The van der Waals surface area contributed by atoms with Crippen LogP contribution in [0.4, 0.5) is 0 Å². The highest BCUT2D eigenvalue weighted by Gasteiger charge is 2.37. The highest BCUT2D eigenvalue weighted by Crippen LogP contribution is 2.45. The molecule has 2 fully saturated rings. The summed E-state index contributed by atoms with van der Waals surface area (Å²) in [6.07, 6.45) is 10.8. The van der Waals surface area contributed by atoms with E-state index in [4.69, 9.17) is 4.99 Å². The van der Waals surface area contributed by atoms with Crippen molar-refractivity contribution >= 4 is 11.5 Å². The number of nitrogens with zero attached hydrogens (tertiary/aromatic N) is 2. The van der Waals surface area contributed by atoms with Gasteiger partial charge in [0.05, 0.1) is 6.54 Å². The minimum Gasteiger partial charge on any atom is -0.264 e. The molecular formula is C16H26N2. The van der Waals surface area contributed by atoms with Crippen LogP contribution in [0.1, 0.15) is 65.2 Å². The molecule has 3 aliphatic rings. The van der Waals surface area contributed by atoms with Crippen LogP contribution in [0.25, 0.3) is 0 Å². The summed E-state index contributed by atoms with van der Waals surface area (Å²) in [4.78, 5) is 9.49. The summed E-state index contributed by atoms with van der Waals surface area (Å²) in [6.45, 7) is 5.69. The molecule has 0 bridgehead atoms. The van der Waals surface area contributed by atoms with Crippen LogP contribution in [-0.2, 0) is 0 Å². The Bertz CT molecular complexity index is 379. The predicted octanol–water partition coefficient (Wildman–Crippen LogP) is 4.25. The van der Waals surface area contributed by atoms with Gasteiger partial charge in [0.25, 0.3) is 0 Å². The van der Waals surface area contributed by atoms with Crippen LogP contribution in [0.15, 0.2) is 9.98 Å². The molecule has 2 aliphatic carbocycles. The number of hydrogen-bond donors (Lipinski definition) is 0. The van der Waals surface area contributed by atoms with Gasteiger partial charge in [-0.25, -0.2) is 4.99 Å². The van der Waals surface area contributed by atoms with Gasteiger partial charge in [0, 0.05) is 12.1 Å². The lowest BCUT2D eigenvalue weighted by Gasteiger charge is -2.23. The van der Waals surface area contributed by atoms with Crippen molar-refractivity contribution in [1.82, 2.24) is 0 Å². The second-order valence-corrected chi connectivity index (χ2v) is 6.98. The number of rotatable bonds is 5. The Morgan fingerprint density at radius 2 is 2.11 bits per heavy atom. The molecule has 2 atom stereocenters. The van der Waals surface area contributed by atoms with Crippen LogP contribution in [0, 0.1) is 17.3 Å². The van der Waals surface area contributed by atoms with Gasteiger partial charge in [0.1, 0.15) is 5.84 Å². The second kappa shape index (κ2) is 4.79. The highest BCUT2D eigenvalue weighted by molar-refractivity contribution is 6.05. The van der Waals surface area contributed by atoms with Crippen molar-refractivity contribution in [3.8, 4) is 0 Å². The van der Waals surface area contributed by atoms with E-state index < -0.39 is 0 Å². The molecule has 2 saturated carbocycles. The molecule has 0 saturated heterocycles. The normalized spacial score (nSPS) is 35.8. The summed E-state index contributed by atoms with van der Waals surface area (Å²) < 4.78 is 0. The van der Waals surface area contributed by atoms with E-state index in [9.17, 15) is 0 Å². The summed E-state index contributed by atoms with van der Waals surface area (Å²) >= 11 is 0. The number of amidine groups is 1. The fourth-order valence-corrected chi connectivity index (χ4v) is 3.76. The first-order chi connectivity index (χ1) is 8.68. The quantitative estimate of drug-likeness (QED) is 0.693. The molecule has 0 aromatic heterocycles. The van der Waals surface area contributed by atoms with E-state index >= 15 is 0 Å². The molecule has 0 aromatic rings. The van der Waals surface area contributed by atoms with Gasteiger partial charge in [-0.3, -0.25) is 4.99 Å². The van der Waals surface area contributed by atoms with Gasteiger partial charge < -0.3 is 0 Å². The molecule has 0 N–H and O–H groups in total. The fourth-order valence-electron chi connectivity index (χ4n) is 3.76. The zero-order valence-corrected chi connectivity index (χ0v) is 11.9. The molecule has 0 aromatic carbocycles. The lowest BCUT2D eigenvalue weighted by atomic mass is 9.83. The van der Waals surface area contributed by atoms with E-state index in [1.54, 1.807) is 0 Å². The van der Waals surface area contributed by atoms with Crippen molar-refractivity contribution in [2.24, 2.45) is 27.2 Å². The maximum absolute atomic E-state index is 4.84. The Morgan fingerprint density at radius 3 is 2.83 bits per heavy atom. The van der Waals surface area contributed by atoms with E-state index in [1.165, 1.54) is 50.7 Å². The number of hydrogen-bond acceptors (Lipinski definition) is 2. The molecule has 1 heterocycles. The molecule has 100 valence electrons. The van der Waals surface area contributed by atoms with E-state index in [0.29, 0.717) is 5.41 Å². The zero-order valence-electron chi connectivity index (χ0n) is 11.9. The van der Waals surface area contributed by atoms with Crippen LogP contribution >= 0.6 is 0 Å². The highest BCUT2D eigenvalue weighted by atomic mass is 15.0. The zero-order chi connectivity index (χ0) is 12.6. The van der Waals surface area contributed by atoms with E-state index in [1.807, 2.05) is 0 Å². The standard InChI is InChI=1S/C16H26N2/c1-3-7-16(2)8-6-13(10-16)14-11-17-15(18-14)9-12-4-5-12/h12-13H,3-11H2,1-2H3. The summed E-state index contributed by atoms with van der Waals surface area (Å²) in [5.74, 6) is 2.82. The van der Waals surface area contributed by atoms with Crippen LogP contribution in [0.3, 0.4) is 0 Å². The van der Waals surface area contributed by atoms with Crippen molar-refractivity contribution in [3.63, 3.8) is 0 Å². The maximum atomic E-state index is 4.84. The summed E-state index contributed by atoms with van der Waals surface area (Å²) in [5, 5.41) is 0. The van der Waals surface area contributed by atoms with E-state index in [0.717, 1.165) is 30.6 Å². The van der Waals surface area contributed by atoms with Gasteiger partial charge >= 0.3 is 0 Å². The van der Waals surface area contributed by atoms with Gasteiger partial charge in [-0.05, 0) is 55.8 Å². The Hall–Kier alpha value is -0.660. The van der Waals surface area contributed by atoms with Gasteiger partial charge in [-0.1, -0.05) is 20.3 Å². The number of aliphatic imine (C=N–C) groups is 2. The Kier molecular flexibility index (Phi) is 3.29. The van der Waals surface area contributed by atoms with Crippen molar-refractivity contribution < 1.29 is 0 Å². The first-order valence-corrected chi connectivity index (χ1v) is 7.79. The van der Waals surface area contributed by atoms with Crippen molar-refractivity contribution in [2.45, 2.75) is 65.2 Å². The van der Waals surface area contributed by atoms with Crippen molar-refractivity contribution in [2.75, 3.05) is 6.54 Å². The average molecular weight is 246 g/mol. The first kappa shape index (κ1) is 12.4. The molecule has 1 aliphatic heterocycles. The van der Waals surface area contributed by atoms with Crippen LogP contribution in [-0.4, -0.2) is 18.1 Å². The summed E-state index contributed by atoms with van der Waals surface area (Å²) in [7, 11) is 0.